The number of hydrogen-bond donors (Lipinski definition) is 0. The molecule has 28 heavy (non-hydrogen) atoms. The molecule has 0 bridgehead atoms. The normalized spacial score (nSPS) is 18.3. The van der Waals surface area contributed by atoms with E-state index in [2.05, 4.69) is 27.2 Å². The molecule has 0 spiro atoms. The Hall–Kier alpha value is -2.47. The second-order valence-corrected chi connectivity index (χ2v) is 7.69. The molecule has 0 saturated carbocycles. The van der Waals surface area contributed by atoms with Crippen LogP contribution >= 0.6 is 0 Å². The molecule has 1 aliphatic rings. The third-order valence-corrected chi connectivity index (χ3v) is 5.59. The average molecular weight is 380 g/mol. The summed E-state index contributed by atoms with van der Waals surface area (Å²) in [5.74, 6) is 2.68. The Bertz CT molecular complexity index is 887. The van der Waals surface area contributed by atoms with E-state index in [4.69, 9.17) is 8.94 Å². The minimum absolute atomic E-state index is 0.478. The van der Waals surface area contributed by atoms with Crippen LogP contribution < -0.4 is 0 Å². The predicted molar refractivity (Wildman–Crippen MR) is 107 cm³/mol. The quantitative estimate of drug-likeness (QED) is 0.592. The molecule has 3 heterocycles. The van der Waals surface area contributed by atoms with E-state index in [1.807, 2.05) is 37.3 Å². The predicted octanol–water partition coefficient (Wildman–Crippen LogP) is 5.10. The zero-order valence-electron chi connectivity index (χ0n) is 16.7. The summed E-state index contributed by atoms with van der Waals surface area (Å²) in [7, 11) is 0. The van der Waals surface area contributed by atoms with Crippen LogP contribution in [0.4, 0.5) is 0 Å². The van der Waals surface area contributed by atoms with Crippen molar-refractivity contribution in [1.82, 2.24) is 20.3 Å². The SMILES string of the molecule is CCCC1CCCN(Cc2nnc(-c3c(-c4ccccc4)noc3C)o2)CC1. The summed E-state index contributed by atoms with van der Waals surface area (Å²) >= 11 is 0. The molecule has 0 N–H and O–H groups in total. The summed E-state index contributed by atoms with van der Waals surface area (Å²) in [6, 6.07) is 9.94. The van der Waals surface area contributed by atoms with Crippen LogP contribution in [0.15, 0.2) is 39.3 Å². The molecule has 148 valence electrons. The maximum absolute atomic E-state index is 6.03. The Morgan fingerprint density at radius 3 is 2.79 bits per heavy atom. The standard InChI is InChI=1S/C22H28N4O2/c1-3-8-17-9-7-13-26(14-12-17)15-19-23-24-22(27-19)20-16(2)28-25-21(20)18-10-5-4-6-11-18/h4-6,10-11,17H,3,7-9,12-15H2,1-2H3. The monoisotopic (exact) mass is 380 g/mol. The zero-order chi connectivity index (χ0) is 19.3. The Morgan fingerprint density at radius 1 is 1.11 bits per heavy atom. The molecule has 6 nitrogen and oxygen atoms in total. The lowest BCUT2D eigenvalue weighted by molar-refractivity contribution is 0.245. The second-order valence-electron chi connectivity index (χ2n) is 7.69. The lowest BCUT2D eigenvalue weighted by atomic mass is 9.96. The first-order valence-electron chi connectivity index (χ1n) is 10.3. The minimum atomic E-state index is 0.478. The van der Waals surface area contributed by atoms with Crippen molar-refractivity contribution < 1.29 is 8.94 Å². The molecule has 0 radical (unpaired) electrons. The minimum Gasteiger partial charge on any atom is -0.419 e. The molecule has 1 fully saturated rings. The molecule has 1 aliphatic heterocycles. The maximum atomic E-state index is 6.03. The van der Waals surface area contributed by atoms with Crippen molar-refractivity contribution >= 4 is 0 Å². The molecular formula is C22H28N4O2. The highest BCUT2D eigenvalue weighted by Gasteiger charge is 2.23. The van der Waals surface area contributed by atoms with Gasteiger partial charge in [-0.1, -0.05) is 55.3 Å². The van der Waals surface area contributed by atoms with Crippen LogP contribution in [0.2, 0.25) is 0 Å². The van der Waals surface area contributed by atoms with Gasteiger partial charge in [-0.15, -0.1) is 10.2 Å². The second kappa shape index (κ2) is 8.69. The number of hydrogen-bond acceptors (Lipinski definition) is 6. The van der Waals surface area contributed by atoms with Crippen molar-refractivity contribution in [3.05, 3.63) is 42.0 Å². The van der Waals surface area contributed by atoms with Gasteiger partial charge in [0, 0.05) is 5.56 Å². The number of nitrogens with zero attached hydrogens (tertiary/aromatic N) is 4. The van der Waals surface area contributed by atoms with Gasteiger partial charge in [0.1, 0.15) is 17.0 Å². The van der Waals surface area contributed by atoms with Crippen LogP contribution in [0.25, 0.3) is 22.7 Å². The molecule has 1 unspecified atom stereocenters. The van der Waals surface area contributed by atoms with Crippen molar-refractivity contribution in [3.8, 4) is 22.7 Å². The van der Waals surface area contributed by atoms with E-state index in [-0.39, 0.29) is 0 Å². The highest BCUT2D eigenvalue weighted by Crippen LogP contribution is 2.33. The van der Waals surface area contributed by atoms with E-state index in [0.717, 1.165) is 35.8 Å². The zero-order valence-corrected chi connectivity index (χ0v) is 16.7. The fourth-order valence-corrected chi connectivity index (χ4v) is 4.11. The third kappa shape index (κ3) is 4.17. The van der Waals surface area contributed by atoms with Gasteiger partial charge in [0.05, 0.1) is 6.54 Å². The molecule has 1 saturated heterocycles. The van der Waals surface area contributed by atoms with Crippen LogP contribution in [0.3, 0.4) is 0 Å². The number of likely N-dealkylation sites (tertiary alicyclic amines) is 1. The van der Waals surface area contributed by atoms with E-state index < -0.39 is 0 Å². The smallest absolute Gasteiger partial charge is 0.253 e. The first kappa shape index (κ1) is 18.9. The van der Waals surface area contributed by atoms with Gasteiger partial charge >= 0.3 is 0 Å². The lowest BCUT2D eigenvalue weighted by Crippen LogP contribution is -2.24. The first-order valence-corrected chi connectivity index (χ1v) is 10.3. The Morgan fingerprint density at radius 2 is 1.96 bits per heavy atom. The largest absolute Gasteiger partial charge is 0.419 e. The number of rotatable bonds is 6. The molecule has 3 aromatic rings. The Labute approximate surface area is 165 Å². The molecule has 0 aliphatic carbocycles. The molecule has 6 heteroatoms. The highest BCUT2D eigenvalue weighted by molar-refractivity contribution is 5.77. The van der Waals surface area contributed by atoms with E-state index in [1.165, 1.54) is 32.1 Å². The van der Waals surface area contributed by atoms with Crippen molar-refractivity contribution in [2.75, 3.05) is 13.1 Å². The molecular weight excluding hydrogens is 352 g/mol. The van der Waals surface area contributed by atoms with Gasteiger partial charge < -0.3 is 8.94 Å². The van der Waals surface area contributed by atoms with Crippen LogP contribution in [0.5, 0.6) is 0 Å². The molecule has 0 amide bonds. The van der Waals surface area contributed by atoms with Gasteiger partial charge in [-0.3, -0.25) is 4.90 Å². The van der Waals surface area contributed by atoms with Gasteiger partial charge in [-0.2, -0.15) is 0 Å². The van der Waals surface area contributed by atoms with Crippen LogP contribution in [-0.2, 0) is 6.54 Å². The van der Waals surface area contributed by atoms with E-state index in [0.29, 0.717) is 24.1 Å². The number of aromatic nitrogens is 3. The summed E-state index contributed by atoms with van der Waals surface area (Å²) < 4.78 is 11.5. The summed E-state index contributed by atoms with van der Waals surface area (Å²) in [6.07, 6.45) is 6.46. The number of benzene rings is 1. The van der Waals surface area contributed by atoms with Gasteiger partial charge in [0.15, 0.2) is 0 Å². The van der Waals surface area contributed by atoms with Crippen molar-refractivity contribution in [2.45, 2.75) is 52.5 Å². The van der Waals surface area contributed by atoms with Crippen molar-refractivity contribution in [2.24, 2.45) is 5.92 Å². The lowest BCUT2D eigenvalue weighted by Gasteiger charge is -2.17. The summed E-state index contributed by atoms with van der Waals surface area (Å²) in [5.41, 5.74) is 2.50. The van der Waals surface area contributed by atoms with Gasteiger partial charge in [0.2, 0.25) is 5.89 Å². The number of aryl methyl sites for hydroxylation is 1. The van der Waals surface area contributed by atoms with Gasteiger partial charge in [0.25, 0.3) is 5.89 Å². The van der Waals surface area contributed by atoms with Crippen LogP contribution in [0.1, 0.15) is 50.7 Å². The first-order chi connectivity index (χ1) is 13.7. The van der Waals surface area contributed by atoms with Crippen molar-refractivity contribution in [3.63, 3.8) is 0 Å². The van der Waals surface area contributed by atoms with Crippen molar-refractivity contribution in [1.29, 1.82) is 0 Å². The molecule has 1 aromatic carbocycles. The summed E-state index contributed by atoms with van der Waals surface area (Å²) in [6.45, 7) is 7.06. The average Bonchev–Trinajstić information content (AvgIpc) is 3.25. The molecule has 2 aromatic heterocycles. The van der Waals surface area contributed by atoms with E-state index in [1.54, 1.807) is 0 Å². The summed E-state index contributed by atoms with van der Waals surface area (Å²) in [4.78, 5) is 2.44. The van der Waals surface area contributed by atoms with Crippen LogP contribution in [0, 0.1) is 12.8 Å². The topological polar surface area (TPSA) is 68.2 Å². The third-order valence-electron chi connectivity index (χ3n) is 5.59. The molecule has 4 rings (SSSR count). The molecule has 1 atom stereocenters. The Balaban J connectivity index is 1.49. The highest BCUT2D eigenvalue weighted by atomic mass is 16.5. The van der Waals surface area contributed by atoms with Gasteiger partial charge in [-0.25, -0.2) is 0 Å². The van der Waals surface area contributed by atoms with E-state index in [9.17, 15) is 0 Å². The Kier molecular flexibility index (Phi) is 5.86. The van der Waals surface area contributed by atoms with E-state index >= 15 is 0 Å². The fourth-order valence-electron chi connectivity index (χ4n) is 4.11. The summed E-state index contributed by atoms with van der Waals surface area (Å²) in [5, 5.41) is 12.8. The fraction of sp³-hybridized carbons (Fsp3) is 0.500. The maximum Gasteiger partial charge on any atom is 0.253 e. The van der Waals surface area contributed by atoms with Crippen LogP contribution in [-0.4, -0.2) is 33.3 Å². The van der Waals surface area contributed by atoms with Gasteiger partial charge in [-0.05, 0) is 45.2 Å².